The molecule has 0 aromatic rings. The maximum absolute atomic E-state index is 3.56. The third-order valence-electron chi connectivity index (χ3n) is 1.56. The minimum atomic E-state index is 0.561. The van der Waals surface area contributed by atoms with Gasteiger partial charge in [-0.05, 0) is 19.1 Å². The fourth-order valence-corrected chi connectivity index (χ4v) is 1.68. The maximum Gasteiger partial charge on any atom is 0.243 e. The van der Waals surface area contributed by atoms with Crippen LogP contribution in [0.4, 0.5) is 0 Å². The summed E-state index contributed by atoms with van der Waals surface area (Å²) in [6.45, 7) is 8.75. The molecule has 0 rings (SSSR count). The Bertz CT molecular complexity index is 94.6. The average molecular weight is 185 g/mol. The van der Waals surface area contributed by atoms with Crippen molar-refractivity contribution in [2.75, 3.05) is 7.05 Å². The quantitative estimate of drug-likeness (QED) is 0.594. The van der Waals surface area contributed by atoms with Crippen LogP contribution < -0.4 is 0 Å². The number of hydrogen-bond acceptors (Lipinski definition) is 2. The van der Waals surface area contributed by atoms with Gasteiger partial charge in [0.2, 0.25) is 9.84 Å². The van der Waals surface area contributed by atoms with Gasteiger partial charge in [-0.25, -0.2) is 0 Å². The number of nitrogens with zero attached hydrogens (tertiary/aromatic N) is 2. The van der Waals surface area contributed by atoms with Crippen molar-refractivity contribution >= 4 is 20.2 Å². The summed E-state index contributed by atoms with van der Waals surface area (Å²) in [5.41, 5.74) is 0. The smallest absolute Gasteiger partial charge is 0.243 e. The van der Waals surface area contributed by atoms with Crippen molar-refractivity contribution in [3.63, 3.8) is 0 Å². The van der Waals surface area contributed by atoms with Gasteiger partial charge < -0.3 is 8.80 Å². The molecule has 0 aliphatic heterocycles. The highest BCUT2D eigenvalue weighted by Crippen LogP contribution is 1.95. The van der Waals surface area contributed by atoms with Crippen molar-refractivity contribution in [3.05, 3.63) is 0 Å². The molecule has 4 heteroatoms. The molecule has 0 aliphatic carbocycles. The molecule has 0 heterocycles. The van der Waals surface area contributed by atoms with E-state index in [1.165, 1.54) is 0 Å². The Morgan fingerprint density at radius 2 is 1.55 bits per heavy atom. The lowest BCUT2D eigenvalue weighted by Crippen LogP contribution is -2.44. The second kappa shape index (κ2) is 5.08. The molecule has 0 N–H and O–H groups in total. The zero-order valence-corrected chi connectivity index (χ0v) is 10.0. The molecule has 0 saturated heterocycles. The van der Waals surface area contributed by atoms with Crippen molar-refractivity contribution in [1.82, 2.24) is 8.80 Å². The van der Waals surface area contributed by atoms with E-state index in [1.54, 1.807) is 0 Å². The normalized spacial score (nSPS) is 12.5. The van der Waals surface area contributed by atoms with Gasteiger partial charge in [-0.3, -0.25) is 0 Å². The Hall–Kier alpha value is 0.354. The van der Waals surface area contributed by atoms with Crippen molar-refractivity contribution < 1.29 is 0 Å². The first-order valence-electron chi connectivity index (χ1n) is 3.94. The summed E-state index contributed by atoms with van der Waals surface area (Å²) in [5.74, 6) is 0. The molecule has 0 bridgehead atoms. The molecule has 0 saturated carbocycles. The van der Waals surface area contributed by atoms with Crippen LogP contribution in [0.1, 0.15) is 27.7 Å². The van der Waals surface area contributed by atoms with Crippen LogP contribution >= 0.6 is 0 Å². The summed E-state index contributed by atoms with van der Waals surface area (Å²) in [5, 5.41) is 0. The maximum atomic E-state index is 3.56. The molecule has 5 radical (unpaired) electrons. The van der Waals surface area contributed by atoms with Crippen LogP contribution in [0.2, 0.25) is 0 Å². The molecular weight excluding hydrogens is 168 g/mol. The van der Waals surface area contributed by atoms with E-state index < -0.39 is 0 Å². The second-order valence-corrected chi connectivity index (χ2v) is 5.58. The summed E-state index contributed by atoms with van der Waals surface area (Å²) >= 11 is 0. The molecule has 0 amide bonds. The fraction of sp³-hybridized carbons (Fsp3) is 1.00. The van der Waals surface area contributed by atoms with Gasteiger partial charge in [0.15, 0.2) is 0 Å². The summed E-state index contributed by atoms with van der Waals surface area (Å²) < 4.78 is 4.48. The average Bonchev–Trinajstić information content (AvgIpc) is 1.87. The highest BCUT2D eigenvalue weighted by atomic mass is 28.3. The molecule has 0 fully saturated rings. The first-order valence-corrected chi connectivity index (χ1v) is 5.29. The highest BCUT2D eigenvalue weighted by molar-refractivity contribution is 6.39. The lowest BCUT2D eigenvalue weighted by molar-refractivity contribution is 0.401. The Morgan fingerprint density at radius 1 is 1.09 bits per heavy atom. The van der Waals surface area contributed by atoms with Gasteiger partial charge in [-0.1, -0.05) is 27.7 Å². The molecule has 11 heavy (non-hydrogen) atoms. The largest absolute Gasteiger partial charge is 0.335 e. The lowest BCUT2D eigenvalue weighted by atomic mass is 10.4. The number of hydrogen-bond donors (Lipinski definition) is 0. The van der Waals surface area contributed by atoms with E-state index in [9.17, 15) is 0 Å². The SMILES string of the molecule is CC(C)N(C)[Si]N([Si])C(C)C. The van der Waals surface area contributed by atoms with E-state index in [-0.39, 0.29) is 0 Å². The van der Waals surface area contributed by atoms with Crippen LogP contribution in [0, 0.1) is 0 Å². The predicted molar refractivity (Wildman–Crippen MR) is 51.4 cm³/mol. The number of rotatable bonds is 4. The van der Waals surface area contributed by atoms with E-state index in [1.807, 2.05) is 0 Å². The van der Waals surface area contributed by atoms with Crippen LogP contribution in [0.3, 0.4) is 0 Å². The van der Waals surface area contributed by atoms with E-state index in [0.29, 0.717) is 12.1 Å². The molecule has 0 unspecified atom stereocenters. The minimum absolute atomic E-state index is 0.561. The van der Waals surface area contributed by atoms with E-state index in [0.717, 1.165) is 9.84 Å². The van der Waals surface area contributed by atoms with Gasteiger partial charge in [-0.2, -0.15) is 0 Å². The highest BCUT2D eigenvalue weighted by Gasteiger charge is 2.10. The topological polar surface area (TPSA) is 6.48 Å². The Kier molecular flexibility index (Phi) is 5.24. The van der Waals surface area contributed by atoms with Gasteiger partial charge >= 0.3 is 0 Å². The third-order valence-corrected chi connectivity index (χ3v) is 3.94. The Morgan fingerprint density at radius 3 is 1.82 bits per heavy atom. The first-order chi connectivity index (χ1) is 4.95. The summed E-state index contributed by atoms with van der Waals surface area (Å²) in [6, 6.07) is 1.18. The summed E-state index contributed by atoms with van der Waals surface area (Å²) in [6.07, 6.45) is 0. The fourth-order valence-electron chi connectivity index (χ4n) is 0.401. The summed E-state index contributed by atoms with van der Waals surface area (Å²) in [4.78, 5) is 0. The minimum Gasteiger partial charge on any atom is -0.335 e. The van der Waals surface area contributed by atoms with Gasteiger partial charge in [0.05, 0.1) is 0 Å². The molecule has 0 aromatic carbocycles. The van der Waals surface area contributed by atoms with Gasteiger partial charge in [0.1, 0.15) is 10.4 Å². The van der Waals surface area contributed by atoms with Crippen LogP contribution in [0.25, 0.3) is 0 Å². The van der Waals surface area contributed by atoms with Gasteiger partial charge in [-0.15, -0.1) is 0 Å². The molecule has 0 atom stereocenters. The Labute approximate surface area is 76.4 Å². The second-order valence-electron chi connectivity index (χ2n) is 3.27. The van der Waals surface area contributed by atoms with Crippen LogP contribution in [0.15, 0.2) is 0 Å². The van der Waals surface area contributed by atoms with E-state index in [2.05, 4.69) is 53.9 Å². The standard InChI is InChI=1S/C7H17N2Si2/c1-6(2)8(5)11-9(10)7(3)4/h6-7H,1-5H3. The molecule has 0 aliphatic rings. The molecular formula is C7H17N2Si2. The van der Waals surface area contributed by atoms with Crippen LogP contribution in [-0.4, -0.2) is 48.2 Å². The first kappa shape index (κ1) is 11.4. The third kappa shape index (κ3) is 4.73. The summed E-state index contributed by atoms with van der Waals surface area (Å²) in [7, 11) is 6.42. The zero-order chi connectivity index (χ0) is 9.02. The lowest BCUT2D eigenvalue weighted by Gasteiger charge is -2.27. The predicted octanol–water partition coefficient (Wildman–Crippen LogP) is 0.655. The van der Waals surface area contributed by atoms with Crippen molar-refractivity contribution in [2.24, 2.45) is 0 Å². The van der Waals surface area contributed by atoms with Crippen molar-refractivity contribution in [1.29, 1.82) is 0 Å². The Balaban J connectivity index is 3.66. The zero-order valence-electron chi connectivity index (χ0n) is 8.05. The van der Waals surface area contributed by atoms with Crippen LogP contribution in [-0.2, 0) is 0 Å². The van der Waals surface area contributed by atoms with Crippen molar-refractivity contribution in [2.45, 2.75) is 39.8 Å². The van der Waals surface area contributed by atoms with Gasteiger partial charge in [0.25, 0.3) is 0 Å². The van der Waals surface area contributed by atoms with Crippen molar-refractivity contribution in [3.8, 4) is 0 Å². The molecule has 63 valence electrons. The van der Waals surface area contributed by atoms with E-state index >= 15 is 0 Å². The van der Waals surface area contributed by atoms with E-state index in [4.69, 9.17) is 0 Å². The van der Waals surface area contributed by atoms with Gasteiger partial charge in [0, 0.05) is 0 Å². The monoisotopic (exact) mass is 185 g/mol. The van der Waals surface area contributed by atoms with Crippen LogP contribution in [0.5, 0.6) is 0 Å². The molecule has 0 spiro atoms. The molecule has 2 nitrogen and oxygen atoms in total. The molecule has 0 aromatic heterocycles.